The summed E-state index contributed by atoms with van der Waals surface area (Å²) in [6.45, 7) is 1.94. The number of hydrogen-bond acceptors (Lipinski definition) is 6. The van der Waals surface area contributed by atoms with Crippen LogP contribution in [0.3, 0.4) is 0 Å². The fourth-order valence-corrected chi connectivity index (χ4v) is 3.77. The molecule has 1 aliphatic heterocycles. The highest BCUT2D eigenvalue weighted by Crippen LogP contribution is 2.38. The quantitative estimate of drug-likeness (QED) is 0.544. The van der Waals surface area contributed by atoms with Gasteiger partial charge in [-0.3, -0.25) is 9.59 Å². The normalized spacial score (nSPS) is 13.4. The van der Waals surface area contributed by atoms with E-state index in [4.69, 9.17) is 14.2 Å². The molecule has 168 valence electrons. The number of nitrogens with one attached hydrogen (secondary N) is 1. The lowest BCUT2D eigenvalue weighted by molar-refractivity contribution is -0.120. The summed E-state index contributed by atoms with van der Waals surface area (Å²) >= 11 is 0. The molecule has 1 heterocycles. The first-order valence-electron chi connectivity index (χ1n) is 10.3. The van der Waals surface area contributed by atoms with Crippen LogP contribution in [0.4, 0.5) is 11.4 Å². The van der Waals surface area contributed by atoms with Crippen molar-refractivity contribution < 1.29 is 23.8 Å². The minimum absolute atomic E-state index is 0.171. The maximum atomic E-state index is 13.6. The number of carbonyl (C=O) groups is 2. The minimum Gasteiger partial charge on any atom is -0.495 e. The van der Waals surface area contributed by atoms with Crippen LogP contribution in [0.2, 0.25) is 0 Å². The summed E-state index contributed by atoms with van der Waals surface area (Å²) in [5.41, 5.74) is 3.03. The van der Waals surface area contributed by atoms with Gasteiger partial charge in [-0.05, 0) is 42.3 Å². The molecule has 0 spiro atoms. The average molecular weight is 444 g/mol. The Bertz CT molecular complexity index is 1250. The first kappa shape index (κ1) is 22.0. The Morgan fingerprint density at radius 3 is 2.06 bits per heavy atom. The topological polar surface area (TPSA) is 77.1 Å². The highest BCUT2D eigenvalue weighted by molar-refractivity contribution is 6.46. The Hall–Kier alpha value is -4.26. The maximum Gasteiger partial charge on any atom is 0.282 e. The van der Waals surface area contributed by atoms with Gasteiger partial charge in [-0.15, -0.1) is 0 Å². The SMILES string of the molecule is COc1ccc(C)cc1NC1=C(c2ccccc2)C(=O)N(c2ccc(OC)c(OC)c2)C1=O. The zero-order chi connectivity index (χ0) is 23.5. The Balaban J connectivity index is 1.83. The molecule has 33 heavy (non-hydrogen) atoms. The number of anilines is 2. The number of methoxy groups -OCH3 is 3. The van der Waals surface area contributed by atoms with Gasteiger partial charge in [0.05, 0.1) is 38.3 Å². The van der Waals surface area contributed by atoms with Gasteiger partial charge in [0, 0.05) is 6.07 Å². The average Bonchev–Trinajstić information content (AvgIpc) is 3.08. The second kappa shape index (κ2) is 9.08. The molecule has 0 aromatic heterocycles. The third-order valence-corrected chi connectivity index (χ3v) is 5.39. The van der Waals surface area contributed by atoms with Gasteiger partial charge < -0.3 is 19.5 Å². The van der Waals surface area contributed by atoms with Gasteiger partial charge in [-0.2, -0.15) is 0 Å². The number of nitrogens with zero attached hydrogens (tertiary/aromatic N) is 1. The molecule has 0 atom stereocenters. The van der Waals surface area contributed by atoms with Crippen molar-refractivity contribution in [1.29, 1.82) is 0 Å². The fraction of sp³-hybridized carbons (Fsp3) is 0.154. The highest BCUT2D eigenvalue weighted by atomic mass is 16.5. The summed E-state index contributed by atoms with van der Waals surface area (Å²) in [5, 5.41) is 3.17. The molecule has 1 N–H and O–H groups in total. The Morgan fingerprint density at radius 1 is 0.727 bits per heavy atom. The molecule has 0 aliphatic carbocycles. The van der Waals surface area contributed by atoms with Gasteiger partial charge >= 0.3 is 0 Å². The van der Waals surface area contributed by atoms with Gasteiger partial charge in [0.2, 0.25) is 0 Å². The van der Waals surface area contributed by atoms with Crippen molar-refractivity contribution in [2.75, 3.05) is 31.5 Å². The van der Waals surface area contributed by atoms with Crippen molar-refractivity contribution >= 4 is 28.8 Å². The predicted molar refractivity (Wildman–Crippen MR) is 127 cm³/mol. The van der Waals surface area contributed by atoms with Crippen LogP contribution >= 0.6 is 0 Å². The first-order valence-corrected chi connectivity index (χ1v) is 10.3. The van der Waals surface area contributed by atoms with Crippen LogP contribution in [0.25, 0.3) is 5.57 Å². The Morgan fingerprint density at radius 2 is 1.39 bits per heavy atom. The van der Waals surface area contributed by atoms with E-state index in [9.17, 15) is 9.59 Å². The lowest BCUT2D eigenvalue weighted by Gasteiger charge is -2.18. The summed E-state index contributed by atoms with van der Waals surface area (Å²) in [6, 6.07) is 19.6. The van der Waals surface area contributed by atoms with Crippen molar-refractivity contribution in [3.05, 3.63) is 83.6 Å². The van der Waals surface area contributed by atoms with Crippen LogP contribution in [0.15, 0.2) is 72.4 Å². The third-order valence-electron chi connectivity index (χ3n) is 5.39. The molecule has 1 aliphatic rings. The monoisotopic (exact) mass is 444 g/mol. The molecule has 7 nitrogen and oxygen atoms in total. The molecule has 3 aromatic rings. The van der Waals surface area contributed by atoms with E-state index in [1.165, 1.54) is 14.2 Å². The molecule has 3 aromatic carbocycles. The second-order valence-electron chi connectivity index (χ2n) is 7.43. The summed E-state index contributed by atoms with van der Waals surface area (Å²) in [7, 11) is 4.58. The number of imide groups is 1. The van der Waals surface area contributed by atoms with Gasteiger partial charge in [-0.25, -0.2) is 4.90 Å². The van der Waals surface area contributed by atoms with Crippen LogP contribution in [0, 0.1) is 6.92 Å². The second-order valence-corrected chi connectivity index (χ2v) is 7.43. The number of amides is 2. The molecule has 4 rings (SSSR count). The van der Waals surface area contributed by atoms with Crippen molar-refractivity contribution in [2.24, 2.45) is 0 Å². The van der Waals surface area contributed by atoms with Gasteiger partial charge in [-0.1, -0.05) is 36.4 Å². The molecule has 0 radical (unpaired) electrons. The summed E-state index contributed by atoms with van der Waals surface area (Å²) in [6.07, 6.45) is 0. The number of carbonyl (C=O) groups excluding carboxylic acids is 2. The van der Waals surface area contributed by atoms with E-state index < -0.39 is 11.8 Å². The first-order chi connectivity index (χ1) is 16.0. The molecule has 2 amide bonds. The minimum atomic E-state index is -0.477. The van der Waals surface area contributed by atoms with E-state index in [1.807, 2.05) is 43.3 Å². The van der Waals surface area contributed by atoms with Crippen molar-refractivity contribution in [3.63, 3.8) is 0 Å². The van der Waals surface area contributed by atoms with E-state index in [-0.39, 0.29) is 11.3 Å². The molecule has 0 bridgehead atoms. The number of benzene rings is 3. The number of aryl methyl sites for hydroxylation is 1. The van der Waals surface area contributed by atoms with Gasteiger partial charge in [0.25, 0.3) is 11.8 Å². The largest absolute Gasteiger partial charge is 0.495 e. The van der Waals surface area contributed by atoms with E-state index in [1.54, 1.807) is 37.4 Å². The van der Waals surface area contributed by atoms with E-state index in [0.29, 0.717) is 34.2 Å². The van der Waals surface area contributed by atoms with Crippen LogP contribution in [-0.4, -0.2) is 33.1 Å². The fourth-order valence-electron chi connectivity index (χ4n) is 3.77. The molecule has 0 fully saturated rings. The summed E-state index contributed by atoms with van der Waals surface area (Å²) in [5.74, 6) is 0.561. The Labute approximate surface area is 192 Å². The molecular weight excluding hydrogens is 420 g/mol. The van der Waals surface area contributed by atoms with E-state index in [0.717, 1.165) is 10.5 Å². The van der Waals surface area contributed by atoms with E-state index >= 15 is 0 Å². The standard InChI is InChI=1S/C26H24N2O5/c1-16-10-12-20(31-2)19(14-16)27-24-23(17-8-6-5-7-9-17)25(29)28(26(24)30)18-11-13-21(32-3)22(15-18)33-4/h5-15,27H,1-4H3. The lowest BCUT2D eigenvalue weighted by Crippen LogP contribution is -2.32. The van der Waals surface area contributed by atoms with Crippen molar-refractivity contribution in [2.45, 2.75) is 6.92 Å². The van der Waals surface area contributed by atoms with Crippen molar-refractivity contribution in [3.8, 4) is 17.2 Å². The zero-order valence-corrected chi connectivity index (χ0v) is 18.8. The summed E-state index contributed by atoms with van der Waals surface area (Å²) < 4.78 is 16.1. The molecule has 0 saturated carbocycles. The van der Waals surface area contributed by atoms with E-state index in [2.05, 4.69) is 5.32 Å². The van der Waals surface area contributed by atoms with Gasteiger partial charge in [0.1, 0.15) is 11.4 Å². The van der Waals surface area contributed by atoms with Crippen LogP contribution < -0.4 is 24.4 Å². The number of ether oxygens (including phenoxy) is 3. The number of rotatable bonds is 7. The van der Waals surface area contributed by atoms with Crippen LogP contribution in [0.5, 0.6) is 17.2 Å². The van der Waals surface area contributed by atoms with Crippen LogP contribution in [-0.2, 0) is 9.59 Å². The van der Waals surface area contributed by atoms with Crippen LogP contribution in [0.1, 0.15) is 11.1 Å². The molecular formula is C26H24N2O5. The zero-order valence-electron chi connectivity index (χ0n) is 18.8. The molecule has 0 saturated heterocycles. The van der Waals surface area contributed by atoms with Gasteiger partial charge in [0.15, 0.2) is 11.5 Å². The third kappa shape index (κ3) is 4.01. The van der Waals surface area contributed by atoms with Crippen molar-refractivity contribution in [1.82, 2.24) is 0 Å². The maximum absolute atomic E-state index is 13.6. The lowest BCUT2D eigenvalue weighted by atomic mass is 10.0. The predicted octanol–water partition coefficient (Wildman–Crippen LogP) is 4.42. The smallest absolute Gasteiger partial charge is 0.282 e. The highest BCUT2D eigenvalue weighted by Gasteiger charge is 2.40. The molecule has 0 unspecified atom stereocenters. The Kier molecular flexibility index (Phi) is 6.04. The molecule has 7 heteroatoms. The summed E-state index contributed by atoms with van der Waals surface area (Å²) in [4.78, 5) is 28.3. The number of hydrogen-bond donors (Lipinski definition) is 1.